The zero-order valence-corrected chi connectivity index (χ0v) is 12.9. The first-order chi connectivity index (χ1) is 10.6. The lowest BCUT2D eigenvalue weighted by atomic mass is 9.87. The third-order valence-electron chi connectivity index (χ3n) is 4.20. The number of ether oxygens (including phenoxy) is 1. The molecule has 120 valence electrons. The molecule has 0 bridgehead atoms. The Morgan fingerprint density at radius 3 is 2.59 bits per heavy atom. The molecule has 1 aromatic carbocycles. The number of carboxylic acid groups (broad SMARTS) is 1. The number of hydrogen-bond donors (Lipinski definition) is 2. The van der Waals surface area contributed by atoms with E-state index in [1.54, 1.807) is 31.2 Å². The van der Waals surface area contributed by atoms with Gasteiger partial charge in [0.05, 0.1) is 12.5 Å². The molecule has 0 aromatic heterocycles. The molecule has 0 saturated carbocycles. The Kier molecular flexibility index (Phi) is 5.55. The van der Waals surface area contributed by atoms with E-state index in [4.69, 9.17) is 4.74 Å². The second-order valence-electron chi connectivity index (χ2n) is 5.67. The van der Waals surface area contributed by atoms with Crippen LogP contribution < -0.4 is 5.32 Å². The highest BCUT2D eigenvalue weighted by molar-refractivity contribution is 5.88. The molecule has 1 aromatic rings. The average Bonchev–Trinajstić information content (AvgIpc) is 2.54. The van der Waals surface area contributed by atoms with Crippen LogP contribution in [0.25, 0.3) is 0 Å². The van der Waals surface area contributed by atoms with E-state index in [2.05, 4.69) is 5.32 Å². The highest BCUT2D eigenvalue weighted by Crippen LogP contribution is 2.26. The van der Waals surface area contributed by atoms with Gasteiger partial charge in [-0.15, -0.1) is 0 Å². The summed E-state index contributed by atoms with van der Waals surface area (Å²) in [5.41, 5.74) is -0.796. The summed E-state index contributed by atoms with van der Waals surface area (Å²) in [5.74, 6) is -1.32. The van der Waals surface area contributed by atoms with E-state index in [1.165, 1.54) is 0 Å². The smallest absolute Gasteiger partial charge is 0.334 e. The predicted molar refractivity (Wildman–Crippen MR) is 82.4 cm³/mol. The molecule has 0 radical (unpaired) electrons. The van der Waals surface area contributed by atoms with Crippen molar-refractivity contribution in [3.05, 3.63) is 35.9 Å². The number of rotatable bonds is 6. The van der Waals surface area contributed by atoms with Gasteiger partial charge in [0.25, 0.3) is 0 Å². The van der Waals surface area contributed by atoms with Crippen molar-refractivity contribution in [2.24, 2.45) is 0 Å². The van der Waals surface area contributed by atoms with Crippen LogP contribution in [0.2, 0.25) is 0 Å². The van der Waals surface area contributed by atoms with Gasteiger partial charge in [-0.1, -0.05) is 37.3 Å². The zero-order valence-electron chi connectivity index (χ0n) is 12.9. The fourth-order valence-electron chi connectivity index (χ4n) is 2.88. The van der Waals surface area contributed by atoms with E-state index in [-0.39, 0.29) is 24.9 Å². The molecule has 2 atom stereocenters. The molecular formula is C17H23NO4. The molecule has 1 fully saturated rings. The normalized spacial score (nSPS) is 20.9. The van der Waals surface area contributed by atoms with Crippen LogP contribution in [0.5, 0.6) is 0 Å². The van der Waals surface area contributed by atoms with Gasteiger partial charge in [0.2, 0.25) is 5.91 Å². The molecule has 0 aliphatic carbocycles. The second kappa shape index (κ2) is 7.40. The van der Waals surface area contributed by atoms with Gasteiger partial charge in [-0.05, 0) is 31.2 Å². The molecule has 2 unspecified atom stereocenters. The number of carboxylic acids is 1. The van der Waals surface area contributed by atoms with Crippen LogP contribution in [0.15, 0.2) is 30.3 Å². The summed E-state index contributed by atoms with van der Waals surface area (Å²) in [7, 11) is 0. The summed E-state index contributed by atoms with van der Waals surface area (Å²) >= 11 is 0. The molecule has 2 rings (SSSR count). The van der Waals surface area contributed by atoms with Gasteiger partial charge >= 0.3 is 5.97 Å². The molecule has 0 spiro atoms. The molecule has 1 heterocycles. The maximum Gasteiger partial charge on any atom is 0.334 e. The fraction of sp³-hybridized carbons (Fsp3) is 0.529. The zero-order chi connectivity index (χ0) is 16.0. The molecule has 5 nitrogen and oxygen atoms in total. The van der Waals surface area contributed by atoms with Gasteiger partial charge in [0.1, 0.15) is 0 Å². The Balaban J connectivity index is 2.13. The monoisotopic (exact) mass is 305 g/mol. The Labute approximate surface area is 130 Å². The minimum Gasteiger partial charge on any atom is -0.479 e. The summed E-state index contributed by atoms with van der Waals surface area (Å²) in [6, 6.07) is 8.84. The average molecular weight is 305 g/mol. The highest BCUT2D eigenvalue weighted by Gasteiger charge is 2.40. The van der Waals surface area contributed by atoms with Gasteiger partial charge in [-0.25, -0.2) is 4.79 Å². The number of hydrogen-bond acceptors (Lipinski definition) is 3. The number of carbonyl (C=O) groups is 2. The van der Waals surface area contributed by atoms with Crippen molar-refractivity contribution in [1.82, 2.24) is 5.32 Å². The van der Waals surface area contributed by atoms with Crippen LogP contribution in [0.3, 0.4) is 0 Å². The number of carbonyl (C=O) groups excluding carboxylic acids is 1. The van der Waals surface area contributed by atoms with Gasteiger partial charge < -0.3 is 15.2 Å². The summed E-state index contributed by atoms with van der Waals surface area (Å²) in [6.07, 6.45) is 3.31. The van der Waals surface area contributed by atoms with Crippen molar-refractivity contribution in [3.8, 4) is 0 Å². The Morgan fingerprint density at radius 1 is 1.32 bits per heavy atom. The standard InChI is InChI=1S/C17H23NO4/c1-2-17(16(20)21,13-8-4-3-5-9-13)18-15(19)12-14-10-6-7-11-22-14/h3-5,8-9,14H,2,6-7,10-12H2,1H3,(H,18,19)(H,20,21). The first kappa shape index (κ1) is 16.5. The van der Waals surface area contributed by atoms with Crippen molar-refractivity contribution in [1.29, 1.82) is 0 Å². The second-order valence-corrected chi connectivity index (χ2v) is 5.67. The lowest BCUT2D eigenvalue weighted by molar-refractivity contribution is -0.149. The number of nitrogens with one attached hydrogen (secondary N) is 1. The number of amides is 1. The Morgan fingerprint density at radius 2 is 2.05 bits per heavy atom. The van der Waals surface area contributed by atoms with Crippen molar-refractivity contribution in [2.45, 2.75) is 50.7 Å². The summed E-state index contributed by atoms with van der Waals surface area (Å²) in [6.45, 7) is 2.44. The van der Waals surface area contributed by atoms with Crippen LogP contribution in [-0.2, 0) is 19.9 Å². The summed E-state index contributed by atoms with van der Waals surface area (Å²) < 4.78 is 5.55. The molecule has 5 heteroatoms. The minimum atomic E-state index is -1.38. The van der Waals surface area contributed by atoms with E-state index in [0.29, 0.717) is 12.2 Å². The van der Waals surface area contributed by atoms with Crippen molar-refractivity contribution in [2.75, 3.05) is 6.61 Å². The Hall–Kier alpha value is -1.88. The lowest BCUT2D eigenvalue weighted by Crippen LogP contribution is -2.52. The van der Waals surface area contributed by atoms with Crippen molar-refractivity contribution < 1.29 is 19.4 Å². The van der Waals surface area contributed by atoms with Gasteiger partial charge in [-0.2, -0.15) is 0 Å². The topological polar surface area (TPSA) is 75.6 Å². The molecule has 1 aliphatic heterocycles. The van der Waals surface area contributed by atoms with Crippen LogP contribution in [0.1, 0.15) is 44.6 Å². The first-order valence-electron chi connectivity index (χ1n) is 7.80. The maximum absolute atomic E-state index is 12.3. The fourth-order valence-corrected chi connectivity index (χ4v) is 2.88. The molecular weight excluding hydrogens is 282 g/mol. The molecule has 1 aliphatic rings. The van der Waals surface area contributed by atoms with Crippen LogP contribution in [0, 0.1) is 0 Å². The quantitative estimate of drug-likeness (QED) is 0.846. The highest BCUT2D eigenvalue weighted by atomic mass is 16.5. The van der Waals surface area contributed by atoms with Gasteiger partial charge in [0, 0.05) is 6.61 Å². The maximum atomic E-state index is 12.3. The predicted octanol–water partition coefficient (Wildman–Crippen LogP) is 2.45. The number of aliphatic carboxylic acids is 1. The van der Waals surface area contributed by atoms with Crippen LogP contribution >= 0.6 is 0 Å². The third-order valence-corrected chi connectivity index (χ3v) is 4.20. The molecule has 1 amide bonds. The largest absolute Gasteiger partial charge is 0.479 e. The SMILES string of the molecule is CCC(NC(=O)CC1CCCCO1)(C(=O)O)c1ccccc1. The van der Waals surface area contributed by atoms with Crippen molar-refractivity contribution >= 4 is 11.9 Å². The molecule has 2 N–H and O–H groups in total. The summed E-state index contributed by atoms with van der Waals surface area (Å²) in [5, 5.41) is 12.4. The van der Waals surface area contributed by atoms with E-state index in [0.717, 1.165) is 19.3 Å². The molecule has 1 saturated heterocycles. The van der Waals surface area contributed by atoms with E-state index >= 15 is 0 Å². The lowest BCUT2D eigenvalue weighted by Gasteiger charge is -2.31. The van der Waals surface area contributed by atoms with E-state index < -0.39 is 11.5 Å². The van der Waals surface area contributed by atoms with Crippen LogP contribution in [-0.4, -0.2) is 29.7 Å². The van der Waals surface area contributed by atoms with E-state index in [1.807, 2.05) is 6.07 Å². The Bertz CT molecular complexity index is 511. The molecule has 22 heavy (non-hydrogen) atoms. The van der Waals surface area contributed by atoms with Gasteiger partial charge in [0.15, 0.2) is 5.54 Å². The number of benzene rings is 1. The van der Waals surface area contributed by atoms with E-state index in [9.17, 15) is 14.7 Å². The third kappa shape index (κ3) is 3.65. The van der Waals surface area contributed by atoms with Gasteiger partial charge in [-0.3, -0.25) is 4.79 Å². The van der Waals surface area contributed by atoms with Crippen LogP contribution in [0.4, 0.5) is 0 Å². The summed E-state index contributed by atoms with van der Waals surface area (Å²) in [4.78, 5) is 24.1. The first-order valence-corrected chi connectivity index (χ1v) is 7.80. The minimum absolute atomic E-state index is 0.104. The van der Waals surface area contributed by atoms with Crippen molar-refractivity contribution in [3.63, 3.8) is 0 Å².